The van der Waals surface area contributed by atoms with Gasteiger partial charge < -0.3 is 16.0 Å². The highest BCUT2D eigenvalue weighted by Crippen LogP contribution is 2.15. The van der Waals surface area contributed by atoms with E-state index in [2.05, 4.69) is 30.9 Å². The minimum absolute atomic E-state index is 0.225. The van der Waals surface area contributed by atoms with Crippen LogP contribution >= 0.6 is 0 Å². The van der Waals surface area contributed by atoms with Crippen LogP contribution in [0.5, 0.6) is 0 Å². The van der Waals surface area contributed by atoms with E-state index < -0.39 is 17.7 Å². The number of imidazole rings is 1. The van der Waals surface area contributed by atoms with Crippen molar-refractivity contribution in [3.63, 3.8) is 0 Å². The summed E-state index contributed by atoms with van der Waals surface area (Å²) in [4.78, 5) is 24.2. The molecule has 0 radical (unpaired) electrons. The van der Waals surface area contributed by atoms with Gasteiger partial charge in [0.25, 0.3) is 0 Å². The Hall–Kier alpha value is -3.56. The van der Waals surface area contributed by atoms with Gasteiger partial charge in [0.1, 0.15) is 35.4 Å². The lowest BCUT2D eigenvalue weighted by Gasteiger charge is -2.10. The number of amides is 2. The molecule has 0 bridgehead atoms. The molecule has 0 fully saturated rings. The Morgan fingerprint density at radius 3 is 2.78 bits per heavy atom. The Bertz CT molecular complexity index is 945. The first-order valence-corrected chi connectivity index (χ1v) is 8.09. The first-order valence-electron chi connectivity index (χ1n) is 8.09. The number of carbonyl (C=O) groups is 1. The van der Waals surface area contributed by atoms with Gasteiger partial charge >= 0.3 is 6.03 Å². The molecule has 0 saturated heterocycles. The fourth-order valence-corrected chi connectivity index (χ4v) is 2.32. The monoisotopic (exact) mass is 373 g/mol. The molecule has 0 atom stereocenters. The van der Waals surface area contributed by atoms with Crippen molar-refractivity contribution in [3.8, 4) is 5.82 Å². The first kappa shape index (κ1) is 18.2. The predicted molar refractivity (Wildman–Crippen MR) is 95.8 cm³/mol. The normalized spacial score (nSPS) is 10.5. The van der Waals surface area contributed by atoms with Crippen LogP contribution in [0.4, 0.5) is 25.1 Å². The number of aryl methyl sites for hydroxylation is 1. The minimum Gasteiger partial charge on any atom is -0.368 e. The molecule has 0 saturated carbocycles. The molecule has 10 heteroatoms. The number of anilines is 2. The number of aromatic nitrogens is 4. The van der Waals surface area contributed by atoms with Crippen LogP contribution in [0.15, 0.2) is 43.0 Å². The van der Waals surface area contributed by atoms with Crippen LogP contribution in [-0.4, -0.2) is 38.6 Å². The summed E-state index contributed by atoms with van der Waals surface area (Å²) in [6.45, 7) is 2.48. The third kappa shape index (κ3) is 4.75. The van der Waals surface area contributed by atoms with E-state index in [0.29, 0.717) is 18.2 Å². The van der Waals surface area contributed by atoms with Gasteiger partial charge in [-0.25, -0.2) is 28.5 Å². The molecular formula is C17H17F2N7O. The zero-order valence-electron chi connectivity index (χ0n) is 14.4. The Balaban J connectivity index is 1.48. The summed E-state index contributed by atoms with van der Waals surface area (Å²) in [6.07, 6.45) is 4.89. The Morgan fingerprint density at radius 2 is 2.00 bits per heavy atom. The van der Waals surface area contributed by atoms with Gasteiger partial charge in [0.05, 0.1) is 5.69 Å². The van der Waals surface area contributed by atoms with E-state index in [0.717, 1.165) is 24.0 Å². The molecule has 2 aromatic heterocycles. The number of hydrogen-bond acceptors (Lipinski definition) is 5. The van der Waals surface area contributed by atoms with Crippen molar-refractivity contribution in [3.05, 3.63) is 60.4 Å². The molecule has 27 heavy (non-hydrogen) atoms. The number of urea groups is 1. The van der Waals surface area contributed by atoms with Gasteiger partial charge in [-0.2, -0.15) is 0 Å². The molecular weight excluding hydrogens is 356 g/mol. The molecule has 140 valence electrons. The summed E-state index contributed by atoms with van der Waals surface area (Å²) >= 11 is 0. The highest BCUT2D eigenvalue weighted by molar-refractivity contribution is 5.89. The second kappa shape index (κ2) is 8.21. The van der Waals surface area contributed by atoms with Crippen molar-refractivity contribution in [2.24, 2.45) is 0 Å². The highest BCUT2D eigenvalue weighted by atomic mass is 19.1. The lowest BCUT2D eigenvalue weighted by molar-refractivity contribution is 0.252. The van der Waals surface area contributed by atoms with E-state index in [1.807, 2.05) is 11.5 Å². The average molecular weight is 373 g/mol. The van der Waals surface area contributed by atoms with Crippen LogP contribution < -0.4 is 16.0 Å². The van der Waals surface area contributed by atoms with Crippen molar-refractivity contribution in [2.45, 2.75) is 6.92 Å². The van der Waals surface area contributed by atoms with E-state index in [4.69, 9.17) is 0 Å². The van der Waals surface area contributed by atoms with Gasteiger partial charge in [-0.3, -0.25) is 4.57 Å². The van der Waals surface area contributed by atoms with Crippen molar-refractivity contribution >= 4 is 17.5 Å². The standard InChI is InChI=1S/C17H17F2N7O/c1-11-20-6-7-26(11)16-9-15(23-10-24-16)21-4-5-22-17(27)25-14-8-12(18)2-3-13(14)19/h2-3,6-10H,4-5H2,1H3,(H,21,23,24)(H2,22,25,27). The number of hydrogen-bond donors (Lipinski definition) is 3. The quantitative estimate of drug-likeness (QED) is 0.577. The Labute approximate surface area is 153 Å². The van der Waals surface area contributed by atoms with E-state index in [-0.39, 0.29) is 12.2 Å². The van der Waals surface area contributed by atoms with Crippen LogP contribution in [-0.2, 0) is 0 Å². The summed E-state index contributed by atoms with van der Waals surface area (Å²) in [5, 5.41) is 7.84. The largest absolute Gasteiger partial charge is 0.368 e. The molecule has 0 unspecified atom stereocenters. The van der Waals surface area contributed by atoms with Crippen molar-refractivity contribution in [1.29, 1.82) is 0 Å². The zero-order chi connectivity index (χ0) is 19.2. The van der Waals surface area contributed by atoms with Crippen LogP contribution in [0.25, 0.3) is 5.82 Å². The lowest BCUT2D eigenvalue weighted by atomic mass is 10.3. The maximum atomic E-state index is 13.5. The minimum atomic E-state index is -0.715. The van der Waals surface area contributed by atoms with E-state index >= 15 is 0 Å². The van der Waals surface area contributed by atoms with Gasteiger partial charge in [0, 0.05) is 37.6 Å². The van der Waals surface area contributed by atoms with Gasteiger partial charge in [-0.15, -0.1) is 0 Å². The Morgan fingerprint density at radius 1 is 1.15 bits per heavy atom. The molecule has 8 nitrogen and oxygen atoms in total. The summed E-state index contributed by atoms with van der Waals surface area (Å²) in [5.74, 6) is 0.679. The molecule has 3 rings (SSSR count). The van der Waals surface area contributed by atoms with E-state index in [9.17, 15) is 13.6 Å². The van der Waals surface area contributed by atoms with Gasteiger partial charge in [0.2, 0.25) is 0 Å². The summed E-state index contributed by atoms with van der Waals surface area (Å²) in [5.41, 5.74) is -0.225. The summed E-state index contributed by atoms with van der Waals surface area (Å²) < 4.78 is 28.4. The Kier molecular flexibility index (Phi) is 5.55. The SMILES string of the molecule is Cc1nccn1-c1cc(NCCNC(=O)Nc2cc(F)ccc2F)ncn1. The smallest absolute Gasteiger partial charge is 0.319 e. The molecule has 0 aliphatic heterocycles. The maximum Gasteiger partial charge on any atom is 0.319 e. The van der Waals surface area contributed by atoms with Crippen LogP contribution in [0.1, 0.15) is 5.82 Å². The third-order valence-corrected chi connectivity index (χ3v) is 3.62. The maximum absolute atomic E-state index is 13.5. The highest BCUT2D eigenvalue weighted by Gasteiger charge is 2.08. The number of benzene rings is 1. The van der Waals surface area contributed by atoms with Crippen LogP contribution in [0.3, 0.4) is 0 Å². The third-order valence-electron chi connectivity index (χ3n) is 3.62. The molecule has 0 spiro atoms. The average Bonchev–Trinajstić information content (AvgIpc) is 3.08. The number of rotatable bonds is 6. The van der Waals surface area contributed by atoms with E-state index in [1.54, 1.807) is 18.5 Å². The molecule has 3 aromatic rings. The molecule has 2 amide bonds. The fraction of sp³-hybridized carbons (Fsp3) is 0.176. The molecule has 0 aliphatic carbocycles. The van der Waals surface area contributed by atoms with Gasteiger partial charge in [-0.05, 0) is 19.1 Å². The molecule has 0 aliphatic rings. The number of nitrogens with one attached hydrogen (secondary N) is 3. The van der Waals surface area contributed by atoms with Gasteiger partial charge in [0.15, 0.2) is 0 Å². The lowest BCUT2D eigenvalue weighted by Crippen LogP contribution is -2.33. The molecule has 3 N–H and O–H groups in total. The van der Waals surface area contributed by atoms with Crippen molar-refractivity contribution in [2.75, 3.05) is 23.7 Å². The predicted octanol–water partition coefficient (Wildman–Crippen LogP) is 2.48. The second-order valence-corrected chi connectivity index (χ2v) is 5.54. The molecule has 1 aromatic carbocycles. The van der Waals surface area contributed by atoms with Crippen LogP contribution in [0, 0.1) is 18.6 Å². The number of halogens is 2. The summed E-state index contributed by atoms with van der Waals surface area (Å²) in [6, 6.07) is 3.94. The van der Waals surface area contributed by atoms with Crippen LogP contribution in [0.2, 0.25) is 0 Å². The summed E-state index contributed by atoms with van der Waals surface area (Å²) in [7, 11) is 0. The van der Waals surface area contributed by atoms with Crippen molar-refractivity contribution < 1.29 is 13.6 Å². The zero-order valence-corrected chi connectivity index (χ0v) is 14.4. The molecule has 2 heterocycles. The number of nitrogens with zero attached hydrogens (tertiary/aromatic N) is 4. The van der Waals surface area contributed by atoms with E-state index in [1.165, 1.54) is 6.33 Å². The van der Waals surface area contributed by atoms with Crippen molar-refractivity contribution in [1.82, 2.24) is 24.8 Å². The first-order chi connectivity index (χ1) is 13.0. The second-order valence-electron chi connectivity index (χ2n) is 5.54. The topological polar surface area (TPSA) is 96.8 Å². The number of carbonyl (C=O) groups excluding carboxylic acids is 1. The van der Waals surface area contributed by atoms with Gasteiger partial charge in [-0.1, -0.05) is 0 Å². The fourth-order valence-electron chi connectivity index (χ4n) is 2.32.